The Balaban J connectivity index is 2.07. The molecule has 1 aliphatic rings. The summed E-state index contributed by atoms with van der Waals surface area (Å²) in [5.74, 6) is -1.21. The Labute approximate surface area is 122 Å². The second kappa shape index (κ2) is 6.21. The number of rotatable bonds is 5. The van der Waals surface area contributed by atoms with Crippen molar-refractivity contribution >= 4 is 27.3 Å². The first-order valence-corrected chi connectivity index (χ1v) is 8.79. The molecule has 2 heterocycles. The number of thiophene rings is 1. The van der Waals surface area contributed by atoms with Gasteiger partial charge in [-0.05, 0) is 37.9 Å². The van der Waals surface area contributed by atoms with Crippen molar-refractivity contribution in [2.45, 2.75) is 30.2 Å². The van der Waals surface area contributed by atoms with Crippen molar-refractivity contribution in [1.82, 2.24) is 9.62 Å². The van der Waals surface area contributed by atoms with Crippen LogP contribution in [-0.2, 0) is 10.0 Å². The van der Waals surface area contributed by atoms with Gasteiger partial charge in [0.15, 0.2) is 0 Å². The summed E-state index contributed by atoms with van der Waals surface area (Å²) in [7, 11) is -1.78. The van der Waals surface area contributed by atoms with E-state index < -0.39 is 16.0 Å². The number of likely N-dealkylation sites (N-methyl/N-ethyl adjacent to an activating group) is 1. The van der Waals surface area contributed by atoms with Gasteiger partial charge in [-0.25, -0.2) is 17.9 Å². The molecule has 1 aliphatic heterocycles. The summed E-state index contributed by atoms with van der Waals surface area (Å²) in [4.78, 5) is 12.8. The number of nitrogens with one attached hydrogen (secondary N) is 1. The van der Waals surface area contributed by atoms with Crippen LogP contribution in [0.2, 0.25) is 0 Å². The highest BCUT2D eigenvalue weighted by Gasteiger charge is 2.26. The lowest BCUT2D eigenvalue weighted by atomic mass is 10.0. The average Bonchev–Trinajstić information content (AvgIpc) is 2.88. The van der Waals surface area contributed by atoms with Gasteiger partial charge in [0.25, 0.3) is 0 Å². The summed E-state index contributed by atoms with van der Waals surface area (Å²) in [5, 5.41) is 10.5. The number of likely N-dealkylation sites (tertiary alicyclic amines) is 1. The normalized spacial score (nSPS) is 20.9. The molecule has 1 aromatic heterocycles. The van der Waals surface area contributed by atoms with Crippen LogP contribution in [0.25, 0.3) is 0 Å². The van der Waals surface area contributed by atoms with Crippen molar-refractivity contribution in [3.8, 4) is 0 Å². The van der Waals surface area contributed by atoms with Crippen LogP contribution in [0.1, 0.15) is 28.9 Å². The second-order valence-corrected chi connectivity index (χ2v) is 7.55. The molecule has 0 bridgehead atoms. The highest BCUT2D eigenvalue weighted by atomic mass is 32.2. The number of hydrogen-bond donors (Lipinski definition) is 2. The van der Waals surface area contributed by atoms with Crippen LogP contribution in [0.5, 0.6) is 0 Å². The van der Waals surface area contributed by atoms with Crippen molar-refractivity contribution < 1.29 is 18.3 Å². The van der Waals surface area contributed by atoms with Crippen LogP contribution in [-0.4, -0.2) is 50.6 Å². The maximum absolute atomic E-state index is 12.2. The number of carboxylic acid groups (broad SMARTS) is 1. The highest BCUT2D eigenvalue weighted by molar-refractivity contribution is 7.89. The van der Waals surface area contributed by atoms with Gasteiger partial charge >= 0.3 is 5.97 Å². The average molecular weight is 318 g/mol. The summed E-state index contributed by atoms with van der Waals surface area (Å²) in [6.45, 7) is 1.28. The standard InChI is InChI=1S/C12H18N2O4S2/c1-14-6-3-2-4-9(14)8-13-20(17,18)10-5-7-19-11(10)12(15)16/h5,7,9,13H,2-4,6,8H2,1H3,(H,15,16). The van der Waals surface area contributed by atoms with Gasteiger partial charge in [-0.2, -0.15) is 0 Å². The van der Waals surface area contributed by atoms with Crippen molar-refractivity contribution in [2.75, 3.05) is 20.1 Å². The Morgan fingerprint density at radius 2 is 2.30 bits per heavy atom. The predicted octanol–water partition coefficient (Wildman–Crippen LogP) is 1.21. The molecule has 112 valence electrons. The van der Waals surface area contributed by atoms with E-state index in [0.29, 0.717) is 6.54 Å². The number of aromatic carboxylic acids is 1. The van der Waals surface area contributed by atoms with Crippen molar-refractivity contribution in [3.63, 3.8) is 0 Å². The van der Waals surface area contributed by atoms with E-state index in [-0.39, 0.29) is 15.8 Å². The third-order valence-corrected chi connectivity index (χ3v) is 6.04. The highest BCUT2D eigenvalue weighted by Crippen LogP contribution is 2.22. The summed E-state index contributed by atoms with van der Waals surface area (Å²) in [6, 6.07) is 1.51. The van der Waals surface area contributed by atoms with E-state index >= 15 is 0 Å². The van der Waals surface area contributed by atoms with E-state index in [1.807, 2.05) is 7.05 Å². The third kappa shape index (κ3) is 3.38. The maximum atomic E-state index is 12.2. The Morgan fingerprint density at radius 3 is 2.95 bits per heavy atom. The SMILES string of the molecule is CN1CCCCC1CNS(=O)(=O)c1ccsc1C(=O)O. The first kappa shape index (κ1) is 15.4. The van der Waals surface area contributed by atoms with Crippen LogP contribution >= 0.6 is 11.3 Å². The number of carboxylic acids is 1. The first-order valence-electron chi connectivity index (χ1n) is 6.42. The number of hydrogen-bond acceptors (Lipinski definition) is 5. The molecule has 0 radical (unpaired) electrons. The number of piperidine rings is 1. The molecule has 1 fully saturated rings. The van der Waals surface area contributed by atoms with E-state index in [0.717, 1.165) is 37.1 Å². The van der Waals surface area contributed by atoms with E-state index in [1.54, 1.807) is 0 Å². The minimum Gasteiger partial charge on any atom is -0.477 e. The lowest BCUT2D eigenvalue weighted by Gasteiger charge is -2.32. The fraction of sp³-hybridized carbons (Fsp3) is 0.583. The summed E-state index contributed by atoms with van der Waals surface area (Å²) < 4.78 is 26.9. The molecule has 2 N–H and O–H groups in total. The molecular formula is C12H18N2O4S2. The van der Waals surface area contributed by atoms with E-state index in [9.17, 15) is 13.2 Å². The molecular weight excluding hydrogens is 300 g/mol. The molecule has 0 aromatic carbocycles. The first-order chi connectivity index (χ1) is 9.42. The van der Waals surface area contributed by atoms with Gasteiger partial charge < -0.3 is 10.0 Å². The monoisotopic (exact) mass is 318 g/mol. The van der Waals surface area contributed by atoms with E-state index in [1.165, 1.54) is 11.4 Å². The van der Waals surface area contributed by atoms with Crippen LogP contribution in [0.15, 0.2) is 16.3 Å². The van der Waals surface area contributed by atoms with Gasteiger partial charge in [-0.3, -0.25) is 0 Å². The molecule has 1 unspecified atom stereocenters. The molecule has 8 heteroatoms. The molecule has 0 aliphatic carbocycles. The second-order valence-electron chi connectivity index (χ2n) is 4.90. The quantitative estimate of drug-likeness (QED) is 0.852. The Kier molecular flexibility index (Phi) is 4.79. The summed E-state index contributed by atoms with van der Waals surface area (Å²) in [5.41, 5.74) is 0. The number of carbonyl (C=O) groups is 1. The van der Waals surface area contributed by atoms with Gasteiger partial charge in [-0.1, -0.05) is 6.42 Å². The van der Waals surface area contributed by atoms with Crippen LogP contribution in [0.3, 0.4) is 0 Å². The smallest absolute Gasteiger partial charge is 0.347 e. The minimum atomic E-state index is -3.76. The van der Waals surface area contributed by atoms with Crippen LogP contribution in [0, 0.1) is 0 Å². The van der Waals surface area contributed by atoms with Gasteiger partial charge in [0.1, 0.15) is 9.77 Å². The zero-order chi connectivity index (χ0) is 14.8. The molecule has 20 heavy (non-hydrogen) atoms. The predicted molar refractivity (Wildman–Crippen MR) is 76.7 cm³/mol. The number of sulfonamides is 1. The molecule has 1 atom stereocenters. The van der Waals surface area contributed by atoms with Crippen molar-refractivity contribution in [1.29, 1.82) is 0 Å². The van der Waals surface area contributed by atoms with Crippen molar-refractivity contribution in [2.24, 2.45) is 0 Å². The zero-order valence-corrected chi connectivity index (χ0v) is 12.8. The molecule has 1 saturated heterocycles. The van der Waals surface area contributed by atoms with Gasteiger partial charge in [0.05, 0.1) is 0 Å². The zero-order valence-electron chi connectivity index (χ0n) is 11.2. The van der Waals surface area contributed by atoms with E-state index in [4.69, 9.17) is 5.11 Å². The maximum Gasteiger partial charge on any atom is 0.347 e. The molecule has 0 saturated carbocycles. The van der Waals surface area contributed by atoms with Crippen molar-refractivity contribution in [3.05, 3.63) is 16.3 Å². The summed E-state index contributed by atoms with van der Waals surface area (Å²) in [6.07, 6.45) is 3.18. The molecule has 0 amide bonds. The van der Waals surface area contributed by atoms with E-state index in [2.05, 4.69) is 9.62 Å². The van der Waals surface area contributed by atoms with Crippen LogP contribution < -0.4 is 4.72 Å². The molecule has 2 rings (SSSR count). The fourth-order valence-corrected chi connectivity index (χ4v) is 4.68. The summed E-state index contributed by atoms with van der Waals surface area (Å²) >= 11 is 0.917. The molecule has 1 aromatic rings. The topological polar surface area (TPSA) is 86.7 Å². The lowest BCUT2D eigenvalue weighted by Crippen LogP contribution is -2.44. The minimum absolute atomic E-state index is 0.144. The lowest BCUT2D eigenvalue weighted by molar-refractivity contribution is 0.0698. The Bertz CT molecular complexity index is 582. The molecule has 0 spiro atoms. The number of nitrogens with zero attached hydrogens (tertiary/aromatic N) is 1. The van der Waals surface area contributed by atoms with Gasteiger partial charge in [0, 0.05) is 12.6 Å². The van der Waals surface area contributed by atoms with Crippen LogP contribution in [0.4, 0.5) is 0 Å². The van der Waals surface area contributed by atoms with Gasteiger partial charge in [0.2, 0.25) is 10.0 Å². The third-order valence-electron chi connectivity index (χ3n) is 3.54. The Morgan fingerprint density at radius 1 is 1.55 bits per heavy atom. The molecule has 6 nitrogen and oxygen atoms in total. The Hall–Kier alpha value is -0.960. The van der Waals surface area contributed by atoms with Gasteiger partial charge in [-0.15, -0.1) is 11.3 Å². The largest absolute Gasteiger partial charge is 0.477 e. The fourth-order valence-electron chi connectivity index (χ4n) is 2.35.